The number of ether oxygens (including phenoxy) is 3. The molecule has 0 aromatic heterocycles. The Morgan fingerprint density at radius 1 is 0.967 bits per heavy atom. The lowest BCUT2D eigenvalue weighted by atomic mass is 10.1. The van der Waals surface area contributed by atoms with Gasteiger partial charge in [0.05, 0.1) is 24.3 Å². The highest BCUT2D eigenvalue weighted by Gasteiger charge is 2.34. The fourth-order valence-electron chi connectivity index (χ4n) is 3.13. The van der Waals surface area contributed by atoms with Gasteiger partial charge in [-0.2, -0.15) is 0 Å². The molecule has 1 aliphatic rings. The SMILES string of the molecule is CCOC(=O)Oc1cc(N)ccc1OCCCCCN1C(=O)c2ccccc2C1=O. The lowest BCUT2D eigenvalue weighted by Crippen LogP contribution is -2.30. The fourth-order valence-corrected chi connectivity index (χ4v) is 3.13. The van der Waals surface area contributed by atoms with E-state index in [2.05, 4.69) is 0 Å². The van der Waals surface area contributed by atoms with Crippen LogP contribution in [0.25, 0.3) is 0 Å². The third-order valence-electron chi connectivity index (χ3n) is 4.59. The Balaban J connectivity index is 1.44. The highest BCUT2D eigenvalue weighted by Crippen LogP contribution is 2.30. The summed E-state index contributed by atoms with van der Waals surface area (Å²) in [5.74, 6) is 0.0982. The zero-order valence-corrected chi connectivity index (χ0v) is 16.8. The first-order valence-corrected chi connectivity index (χ1v) is 9.83. The first-order valence-electron chi connectivity index (χ1n) is 9.83. The number of carbonyl (C=O) groups excluding carboxylic acids is 3. The molecule has 0 spiro atoms. The maximum absolute atomic E-state index is 12.3. The Labute approximate surface area is 174 Å². The number of hydrogen-bond acceptors (Lipinski definition) is 7. The van der Waals surface area contributed by atoms with E-state index < -0.39 is 6.16 Å². The normalized spacial score (nSPS) is 12.6. The number of rotatable bonds is 9. The summed E-state index contributed by atoms with van der Waals surface area (Å²) in [4.78, 5) is 37.5. The van der Waals surface area contributed by atoms with Crippen LogP contribution >= 0.6 is 0 Å². The van der Waals surface area contributed by atoms with E-state index in [0.29, 0.717) is 48.6 Å². The number of nitrogen functional groups attached to an aromatic ring is 1. The molecule has 1 heterocycles. The number of fused-ring (bicyclic) bond motifs is 1. The van der Waals surface area contributed by atoms with Crippen LogP contribution in [0.3, 0.4) is 0 Å². The second kappa shape index (κ2) is 9.78. The van der Waals surface area contributed by atoms with Crippen molar-refractivity contribution in [2.24, 2.45) is 0 Å². The maximum atomic E-state index is 12.3. The first-order chi connectivity index (χ1) is 14.5. The summed E-state index contributed by atoms with van der Waals surface area (Å²) < 4.78 is 15.6. The second-order valence-electron chi connectivity index (χ2n) is 6.71. The average molecular weight is 412 g/mol. The maximum Gasteiger partial charge on any atom is 0.513 e. The summed E-state index contributed by atoms with van der Waals surface area (Å²) in [5.41, 5.74) is 7.09. The summed E-state index contributed by atoms with van der Waals surface area (Å²) in [6.07, 6.45) is 1.31. The van der Waals surface area contributed by atoms with Crippen LogP contribution in [0.2, 0.25) is 0 Å². The van der Waals surface area contributed by atoms with E-state index in [-0.39, 0.29) is 24.2 Å². The molecule has 0 fully saturated rings. The van der Waals surface area contributed by atoms with Gasteiger partial charge in [0.25, 0.3) is 11.8 Å². The Kier molecular flexibility index (Phi) is 6.90. The lowest BCUT2D eigenvalue weighted by Gasteiger charge is -2.14. The van der Waals surface area contributed by atoms with Gasteiger partial charge in [0.1, 0.15) is 0 Å². The third-order valence-corrected chi connectivity index (χ3v) is 4.59. The molecule has 1 aliphatic heterocycles. The molecule has 0 bridgehead atoms. The third kappa shape index (κ3) is 4.89. The molecule has 30 heavy (non-hydrogen) atoms. The molecule has 3 rings (SSSR count). The summed E-state index contributed by atoms with van der Waals surface area (Å²) in [7, 11) is 0. The number of anilines is 1. The van der Waals surface area contributed by atoms with Crippen LogP contribution in [0, 0.1) is 0 Å². The highest BCUT2D eigenvalue weighted by molar-refractivity contribution is 6.21. The number of imide groups is 1. The van der Waals surface area contributed by atoms with Crippen LogP contribution in [0.15, 0.2) is 42.5 Å². The number of amides is 2. The Bertz CT molecular complexity index is 908. The summed E-state index contributed by atoms with van der Waals surface area (Å²) in [5, 5.41) is 0. The van der Waals surface area contributed by atoms with E-state index in [9.17, 15) is 14.4 Å². The van der Waals surface area contributed by atoms with Crippen molar-refractivity contribution in [3.8, 4) is 11.5 Å². The largest absolute Gasteiger partial charge is 0.513 e. The van der Waals surface area contributed by atoms with Gasteiger partial charge in [0.2, 0.25) is 0 Å². The van der Waals surface area contributed by atoms with Gasteiger partial charge in [-0.05, 0) is 50.5 Å². The summed E-state index contributed by atoms with van der Waals surface area (Å²) in [6, 6.07) is 11.6. The minimum Gasteiger partial charge on any atom is -0.490 e. The molecule has 2 N–H and O–H groups in total. The number of nitrogens with two attached hydrogens (primary N) is 1. The van der Waals surface area contributed by atoms with Gasteiger partial charge in [-0.3, -0.25) is 14.5 Å². The van der Waals surface area contributed by atoms with Crippen molar-refractivity contribution in [3.05, 3.63) is 53.6 Å². The zero-order chi connectivity index (χ0) is 21.5. The Hall–Kier alpha value is -3.55. The minimum absolute atomic E-state index is 0.194. The predicted octanol–water partition coefficient (Wildman–Crippen LogP) is 3.65. The quantitative estimate of drug-likeness (QED) is 0.220. The number of nitrogens with zero attached hydrogens (tertiary/aromatic N) is 1. The van der Waals surface area contributed by atoms with Crippen molar-refractivity contribution in [1.29, 1.82) is 0 Å². The molecule has 8 heteroatoms. The van der Waals surface area contributed by atoms with E-state index in [0.717, 1.165) is 6.42 Å². The number of hydrogen-bond donors (Lipinski definition) is 1. The van der Waals surface area contributed by atoms with Gasteiger partial charge in [-0.1, -0.05) is 12.1 Å². The van der Waals surface area contributed by atoms with E-state index in [4.69, 9.17) is 19.9 Å². The fraction of sp³-hybridized carbons (Fsp3) is 0.318. The van der Waals surface area contributed by atoms with Gasteiger partial charge >= 0.3 is 6.16 Å². The molecule has 2 amide bonds. The van der Waals surface area contributed by atoms with Crippen LogP contribution in [-0.4, -0.2) is 42.6 Å². The molecular weight excluding hydrogens is 388 g/mol. The van der Waals surface area contributed by atoms with E-state index in [1.54, 1.807) is 43.3 Å². The van der Waals surface area contributed by atoms with E-state index >= 15 is 0 Å². The Morgan fingerprint density at radius 2 is 1.67 bits per heavy atom. The van der Waals surface area contributed by atoms with E-state index in [1.165, 1.54) is 11.0 Å². The van der Waals surface area contributed by atoms with Crippen molar-refractivity contribution in [2.45, 2.75) is 26.2 Å². The van der Waals surface area contributed by atoms with E-state index in [1.807, 2.05) is 0 Å². The van der Waals surface area contributed by atoms with Crippen molar-refractivity contribution in [1.82, 2.24) is 4.90 Å². The Morgan fingerprint density at radius 3 is 2.33 bits per heavy atom. The van der Waals surface area contributed by atoms with Gasteiger partial charge in [0, 0.05) is 18.3 Å². The van der Waals surface area contributed by atoms with Gasteiger partial charge in [-0.25, -0.2) is 4.79 Å². The minimum atomic E-state index is -0.825. The highest BCUT2D eigenvalue weighted by atomic mass is 16.7. The van der Waals surface area contributed by atoms with Crippen LogP contribution < -0.4 is 15.2 Å². The number of carbonyl (C=O) groups is 3. The average Bonchev–Trinajstić information content (AvgIpc) is 2.97. The molecule has 158 valence electrons. The molecule has 0 atom stereocenters. The lowest BCUT2D eigenvalue weighted by molar-refractivity contribution is 0.0650. The molecule has 0 unspecified atom stereocenters. The van der Waals surface area contributed by atoms with Crippen molar-refractivity contribution < 1.29 is 28.6 Å². The van der Waals surface area contributed by atoms with Gasteiger partial charge in [0.15, 0.2) is 11.5 Å². The molecule has 0 saturated carbocycles. The molecule has 2 aromatic carbocycles. The van der Waals surface area contributed by atoms with Crippen molar-refractivity contribution in [2.75, 3.05) is 25.5 Å². The number of unbranched alkanes of at least 4 members (excludes halogenated alkanes) is 2. The van der Waals surface area contributed by atoms with Gasteiger partial charge in [-0.15, -0.1) is 0 Å². The topological polar surface area (TPSA) is 108 Å². The smallest absolute Gasteiger partial charge is 0.490 e. The molecule has 8 nitrogen and oxygen atoms in total. The van der Waals surface area contributed by atoms with Crippen LogP contribution in [0.1, 0.15) is 46.9 Å². The van der Waals surface area contributed by atoms with Crippen LogP contribution in [0.4, 0.5) is 10.5 Å². The summed E-state index contributed by atoms with van der Waals surface area (Å²) >= 11 is 0. The molecule has 0 radical (unpaired) electrons. The van der Waals surface area contributed by atoms with Crippen LogP contribution in [-0.2, 0) is 4.74 Å². The molecule has 2 aromatic rings. The van der Waals surface area contributed by atoms with Crippen molar-refractivity contribution >= 4 is 23.7 Å². The number of benzene rings is 2. The standard InChI is InChI=1S/C22H24N2O6/c1-2-28-22(27)30-19-14-15(23)10-11-18(19)29-13-7-3-6-12-24-20(25)16-8-4-5-9-17(16)21(24)26/h4-5,8-11,14H,2-3,6-7,12-13,23H2,1H3. The van der Waals surface area contributed by atoms with Crippen LogP contribution in [0.5, 0.6) is 11.5 Å². The zero-order valence-electron chi connectivity index (χ0n) is 16.8. The summed E-state index contributed by atoms with van der Waals surface area (Å²) in [6.45, 7) is 2.63. The predicted molar refractivity (Wildman–Crippen MR) is 110 cm³/mol. The molecule has 0 aliphatic carbocycles. The van der Waals surface area contributed by atoms with Crippen molar-refractivity contribution in [3.63, 3.8) is 0 Å². The second-order valence-corrected chi connectivity index (χ2v) is 6.71. The monoisotopic (exact) mass is 412 g/mol. The molecular formula is C22H24N2O6. The van der Waals surface area contributed by atoms with Gasteiger partial charge < -0.3 is 19.9 Å². The first kappa shape index (κ1) is 21.2. The molecule has 0 saturated heterocycles.